The highest BCUT2D eigenvalue weighted by molar-refractivity contribution is 6.30. The van der Waals surface area contributed by atoms with Gasteiger partial charge in [-0.05, 0) is 30.7 Å². The highest BCUT2D eigenvalue weighted by Gasteiger charge is 2.15. The second kappa shape index (κ2) is 8.00. The van der Waals surface area contributed by atoms with E-state index in [1.807, 2.05) is 49.4 Å². The number of aryl methyl sites for hydroxylation is 1. The van der Waals surface area contributed by atoms with Gasteiger partial charge in [0.25, 0.3) is 0 Å². The number of aliphatic imine (C=N–C) groups is 1. The van der Waals surface area contributed by atoms with E-state index in [1.54, 1.807) is 7.11 Å². The number of para-hydroxylation sites is 1. The van der Waals surface area contributed by atoms with Crippen LogP contribution in [-0.2, 0) is 6.54 Å². The van der Waals surface area contributed by atoms with Crippen LogP contribution in [0.2, 0.25) is 5.02 Å². The average Bonchev–Trinajstić information content (AvgIpc) is 2.71. The fraction of sp³-hybridized carbons (Fsp3) is 0.250. The summed E-state index contributed by atoms with van der Waals surface area (Å²) in [6, 6.07) is 13.7. The topological polar surface area (TPSA) is 74.7 Å². The lowest BCUT2D eigenvalue weighted by Gasteiger charge is -2.26. The predicted octanol–water partition coefficient (Wildman–Crippen LogP) is 3.39. The van der Waals surface area contributed by atoms with Crippen molar-refractivity contribution >= 4 is 34.4 Å². The van der Waals surface area contributed by atoms with Gasteiger partial charge in [-0.2, -0.15) is 0 Å². The van der Waals surface area contributed by atoms with Crippen molar-refractivity contribution in [2.75, 3.05) is 25.8 Å². The number of rotatable bonds is 4. The summed E-state index contributed by atoms with van der Waals surface area (Å²) >= 11 is 5.94. The lowest BCUT2D eigenvalue weighted by atomic mass is 10.2. The van der Waals surface area contributed by atoms with E-state index in [2.05, 4.69) is 30.5 Å². The van der Waals surface area contributed by atoms with Crippen molar-refractivity contribution in [3.63, 3.8) is 0 Å². The summed E-state index contributed by atoms with van der Waals surface area (Å²) in [6.07, 6.45) is 0. The standard InChI is InChI=1S/C20H21ClN6O/c1-13-16-4-3-5-17(28-2)18(16)25-20(24-13)26-19-22-11-27(12-23-19)10-14-6-8-15(21)9-7-14/h3-9H,10-12H2,1-2H3,(H2,22,23,24,25,26). The van der Waals surface area contributed by atoms with Crippen LogP contribution in [0.4, 0.5) is 5.95 Å². The molecule has 0 radical (unpaired) electrons. The summed E-state index contributed by atoms with van der Waals surface area (Å²) in [4.78, 5) is 15.9. The smallest absolute Gasteiger partial charge is 0.230 e. The Kier molecular flexibility index (Phi) is 5.27. The Morgan fingerprint density at radius 1 is 1.18 bits per heavy atom. The van der Waals surface area contributed by atoms with Crippen LogP contribution in [0.25, 0.3) is 10.9 Å². The molecule has 3 aromatic rings. The Morgan fingerprint density at radius 2 is 2.00 bits per heavy atom. The quantitative estimate of drug-likeness (QED) is 0.704. The molecule has 0 saturated heterocycles. The number of nitrogens with one attached hydrogen (secondary N) is 2. The number of guanidine groups is 1. The van der Waals surface area contributed by atoms with Gasteiger partial charge in [-0.15, -0.1) is 0 Å². The molecule has 0 spiro atoms. The Balaban J connectivity index is 1.46. The van der Waals surface area contributed by atoms with E-state index in [0.29, 0.717) is 25.2 Å². The molecule has 0 saturated carbocycles. The molecule has 2 heterocycles. The molecule has 1 aliphatic rings. The first kappa shape index (κ1) is 18.5. The van der Waals surface area contributed by atoms with Crippen molar-refractivity contribution in [1.82, 2.24) is 20.2 Å². The van der Waals surface area contributed by atoms with Crippen molar-refractivity contribution in [1.29, 1.82) is 0 Å². The molecule has 8 heteroatoms. The van der Waals surface area contributed by atoms with Gasteiger partial charge in [-0.1, -0.05) is 35.9 Å². The molecular weight excluding hydrogens is 376 g/mol. The number of fused-ring (bicyclic) bond motifs is 1. The monoisotopic (exact) mass is 396 g/mol. The zero-order valence-electron chi connectivity index (χ0n) is 15.7. The van der Waals surface area contributed by atoms with Crippen LogP contribution < -0.4 is 15.4 Å². The van der Waals surface area contributed by atoms with Gasteiger partial charge in [0, 0.05) is 17.0 Å². The Bertz CT molecular complexity index is 1020. The predicted molar refractivity (Wildman–Crippen MR) is 112 cm³/mol. The van der Waals surface area contributed by atoms with Crippen molar-refractivity contribution in [3.05, 3.63) is 58.7 Å². The average molecular weight is 397 g/mol. The van der Waals surface area contributed by atoms with E-state index in [1.165, 1.54) is 5.56 Å². The number of hydrogen-bond acceptors (Lipinski definition) is 7. The van der Waals surface area contributed by atoms with Crippen LogP contribution in [0.5, 0.6) is 5.75 Å². The summed E-state index contributed by atoms with van der Waals surface area (Å²) in [5, 5.41) is 8.16. The van der Waals surface area contributed by atoms with Crippen LogP contribution in [0.1, 0.15) is 11.3 Å². The third-order valence-corrected chi connectivity index (χ3v) is 4.80. The van der Waals surface area contributed by atoms with Gasteiger partial charge in [0.1, 0.15) is 11.3 Å². The van der Waals surface area contributed by atoms with Crippen LogP contribution >= 0.6 is 11.6 Å². The van der Waals surface area contributed by atoms with Gasteiger partial charge in [0.05, 0.1) is 26.1 Å². The maximum atomic E-state index is 5.94. The van der Waals surface area contributed by atoms with Crippen LogP contribution in [0, 0.1) is 6.92 Å². The zero-order valence-corrected chi connectivity index (χ0v) is 16.5. The number of hydrogen-bond donors (Lipinski definition) is 2. The summed E-state index contributed by atoms with van der Waals surface area (Å²) in [6.45, 7) is 4.00. The third kappa shape index (κ3) is 4.00. The van der Waals surface area contributed by atoms with Crippen LogP contribution in [0.3, 0.4) is 0 Å². The molecule has 0 unspecified atom stereocenters. The van der Waals surface area contributed by atoms with Crippen molar-refractivity contribution < 1.29 is 4.74 Å². The molecule has 2 N–H and O–H groups in total. The van der Waals surface area contributed by atoms with E-state index in [-0.39, 0.29) is 0 Å². The number of benzene rings is 2. The van der Waals surface area contributed by atoms with E-state index in [4.69, 9.17) is 16.3 Å². The number of ether oxygens (including phenoxy) is 1. The van der Waals surface area contributed by atoms with Gasteiger partial charge < -0.3 is 10.1 Å². The van der Waals surface area contributed by atoms with Crippen molar-refractivity contribution in [2.24, 2.45) is 4.99 Å². The van der Waals surface area contributed by atoms with E-state index >= 15 is 0 Å². The minimum atomic E-state index is 0.493. The Hall–Kier alpha value is -2.90. The first-order valence-corrected chi connectivity index (χ1v) is 9.33. The molecule has 0 fully saturated rings. The molecule has 28 heavy (non-hydrogen) atoms. The maximum Gasteiger partial charge on any atom is 0.230 e. The Morgan fingerprint density at radius 3 is 2.71 bits per heavy atom. The third-order valence-electron chi connectivity index (χ3n) is 4.55. The lowest BCUT2D eigenvalue weighted by Crippen LogP contribution is -2.45. The molecule has 7 nitrogen and oxygen atoms in total. The van der Waals surface area contributed by atoms with Gasteiger partial charge in [0.2, 0.25) is 11.9 Å². The number of anilines is 1. The molecule has 0 bridgehead atoms. The summed E-state index contributed by atoms with van der Waals surface area (Å²) in [5.41, 5.74) is 2.85. The highest BCUT2D eigenvalue weighted by atomic mass is 35.5. The van der Waals surface area contributed by atoms with Gasteiger partial charge in [-0.25, -0.2) is 15.0 Å². The summed E-state index contributed by atoms with van der Waals surface area (Å²) in [7, 11) is 1.64. The molecule has 4 rings (SSSR count). The largest absolute Gasteiger partial charge is 0.494 e. The van der Waals surface area contributed by atoms with E-state index < -0.39 is 0 Å². The minimum Gasteiger partial charge on any atom is -0.494 e. The molecule has 1 aliphatic heterocycles. The van der Waals surface area contributed by atoms with Crippen LogP contribution in [0.15, 0.2) is 47.5 Å². The second-order valence-electron chi connectivity index (χ2n) is 6.55. The molecule has 144 valence electrons. The van der Waals surface area contributed by atoms with E-state index in [9.17, 15) is 0 Å². The normalized spacial score (nSPS) is 14.5. The lowest BCUT2D eigenvalue weighted by molar-refractivity contribution is 0.256. The first-order valence-electron chi connectivity index (χ1n) is 8.96. The number of aromatic nitrogens is 2. The number of methoxy groups -OCH3 is 1. The molecular formula is C20H21ClN6O. The Labute approximate surface area is 168 Å². The molecule has 0 amide bonds. The van der Waals surface area contributed by atoms with Crippen LogP contribution in [-0.4, -0.2) is 41.3 Å². The molecule has 1 aromatic heterocycles. The van der Waals surface area contributed by atoms with Crippen molar-refractivity contribution in [3.8, 4) is 5.75 Å². The zero-order chi connectivity index (χ0) is 19.5. The number of nitrogens with zero attached hydrogens (tertiary/aromatic N) is 4. The fourth-order valence-electron chi connectivity index (χ4n) is 3.11. The van der Waals surface area contributed by atoms with E-state index in [0.717, 1.165) is 33.9 Å². The minimum absolute atomic E-state index is 0.493. The molecule has 2 aromatic carbocycles. The SMILES string of the molecule is COc1cccc2c(C)nc(NC3=NCN(Cc4ccc(Cl)cc4)CN3)nc12. The first-order chi connectivity index (χ1) is 13.6. The number of halogens is 1. The van der Waals surface area contributed by atoms with Gasteiger partial charge >= 0.3 is 0 Å². The summed E-state index contributed by atoms with van der Waals surface area (Å²) in [5.74, 6) is 1.87. The second-order valence-corrected chi connectivity index (χ2v) is 6.99. The molecule has 0 aliphatic carbocycles. The highest BCUT2D eigenvalue weighted by Crippen LogP contribution is 2.26. The van der Waals surface area contributed by atoms with Gasteiger partial charge in [0.15, 0.2) is 0 Å². The summed E-state index contributed by atoms with van der Waals surface area (Å²) < 4.78 is 5.43. The molecule has 0 atom stereocenters. The van der Waals surface area contributed by atoms with Crippen molar-refractivity contribution in [2.45, 2.75) is 13.5 Å². The maximum absolute atomic E-state index is 5.94. The fourth-order valence-corrected chi connectivity index (χ4v) is 3.23. The van der Waals surface area contributed by atoms with Gasteiger partial charge in [-0.3, -0.25) is 10.2 Å².